The Bertz CT molecular complexity index is 811. The predicted octanol–water partition coefficient (Wildman–Crippen LogP) is -0.254. The summed E-state index contributed by atoms with van der Waals surface area (Å²) in [7, 11) is 1.67. The largest absolute Gasteiger partial charge is 0.291 e. The van der Waals surface area contributed by atoms with Crippen LogP contribution in [0.4, 0.5) is 0 Å². The SMILES string of the molecule is CC(C)n1ncc2c(=O)n(Cc3nnn(C)n3)cnc21. The fraction of sp³-hybridized carbons (Fsp3) is 0.455. The molecular weight excluding hydrogens is 260 g/mol. The molecule has 0 aromatic carbocycles. The first-order valence-corrected chi connectivity index (χ1v) is 6.22. The molecule has 0 radical (unpaired) electrons. The lowest BCUT2D eigenvalue weighted by Gasteiger charge is -2.06. The van der Waals surface area contributed by atoms with Crippen molar-refractivity contribution in [2.75, 3.05) is 0 Å². The van der Waals surface area contributed by atoms with Gasteiger partial charge in [-0.2, -0.15) is 9.90 Å². The number of hydrogen-bond acceptors (Lipinski definition) is 6. The maximum Gasteiger partial charge on any atom is 0.264 e. The molecule has 0 fully saturated rings. The highest BCUT2D eigenvalue weighted by Crippen LogP contribution is 2.11. The van der Waals surface area contributed by atoms with E-state index in [0.717, 1.165) is 0 Å². The fourth-order valence-electron chi connectivity index (χ4n) is 2.00. The van der Waals surface area contributed by atoms with Crippen molar-refractivity contribution < 1.29 is 0 Å². The molecule has 0 spiro atoms. The van der Waals surface area contributed by atoms with Gasteiger partial charge in [0.2, 0.25) is 0 Å². The van der Waals surface area contributed by atoms with Gasteiger partial charge in [-0.05, 0) is 19.1 Å². The minimum Gasteiger partial charge on any atom is -0.291 e. The number of tetrazole rings is 1. The van der Waals surface area contributed by atoms with Crippen molar-refractivity contribution >= 4 is 11.0 Å². The first-order valence-electron chi connectivity index (χ1n) is 6.22. The van der Waals surface area contributed by atoms with Crippen LogP contribution in [-0.4, -0.2) is 39.5 Å². The summed E-state index contributed by atoms with van der Waals surface area (Å²) in [6.45, 7) is 4.22. The van der Waals surface area contributed by atoms with Crippen LogP contribution < -0.4 is 5.56 Å². The maximum atomic E-state index is 12.4. The Hall–Kier alpha value is -2.58. The number of rotatable bonds is 3. The van der Waals surface area contributed by atoms with Gasteiger partial charge in [0.25, 0.3) is 5.56 Å². The second kappa shape index (κ2) is 4.51. The van der Waals surface area contributed by atoms with Gasteiger partial charge in [0.05, 0.1) is 19.8 Å². The second-order valence-electron chi connectivity index (χ2n) is 4.79. The molecule has 104 valence electrons. The molecule has 3 aromatic heterocycles. The Morgan fingerprint density at radius 1 is 1.35 bits per heavy atom. The highest BCUT2D eigenvalue weighted by molar-refractivity contribution is 5.72. The Morgan fingerprint density at radius 3 is 2.80 bits per heavy atom. The predicted molar refractivity (Wildman–Crippen MR) is 70.1 cm³/mol. The summed E-state index contributed by atoms with van der Waals surface area (Å²) >= 11 is 0. The van der Waals surface area contributed by atoms with Crippen molar-refractivity contribution in [1.29, 1.82) is 0 Å². The van der Waals surface area contributed by atoms with Crippen molar-refractivity contribution in [2.24, 2.45) is 7.05 Å². The molecule has 9 nitrogen and oxygen atoms in total. The average Bonchev–Trinajstić information content (AvgIpc) is 2.99. The molecule has 3 heterocycles. The molecule has 0 bridgehead atoms. The third kappa shape index (κ3) is 1.96. The van der Waals surface area contributed by atoms with Crippen LogP contribution in [-0.2, 0) is 13.6 Å². The maximum absolute atomic E-state index is 12.4. The monoisotopic (exact) mass is 274 g/mol. The minimum atomic E-state index is -0.158. The van der Waals surface area contributed by atoms with Crippen LogP contribution in [0.3, 0.4) is 0 Å². The smallest absolute Gasteiger partial charge is 0.264 e. The van der Waals surface area contributed by atoms with E-state index in [2.05, 4.69) is 25.5 Å². The van der Waals surface area contributed by atoms with E-state index in [-0.39, 0.29) is 18.1 Å². The number of hydrogen-bond donors (Lipinski definition) is 0. The van der Waals surface area contributed by atoms with Crippen molar-refractivity contribution in [2.45, 2.75) is 26.4 Å². The normalized spacial score (nSPS) is 11.6. The quantitative estimate of drug-likeness (QED) is 0.653. The molecule has 0 atom stereocenters. The van der Waals surface area contributed by atoms with Gasteiger partial charge < -0.3 is 0 Å². The molecule has 3 rings (SSSR count). The molecule has 0 aliphatic carbocycles. The Morgan fingerprint density at radius 2 is 2.15 bits per heavy atom. The molecular formula is C11H14N8O. The van der Waals surface area contributed by atoms with Crippen LogP contribution >= 0.6 is 0 Å². The van der Waals surface area contributed by atoms with Gasteiger partial charge in [-0.25, -0.2) is 9.67 Å². The summed E-state index contributed by atoms with van der Waals surface area (Å²) in [6, 6.07) is 0.150. The Kier molecular flexibility index (Phi) is 2.81. The zero-order chi connectivity index (χ0) is 14.3. The van der Waals surface area contributed by atoms with Crippen molar-refractivity contribution in [3.63, 3.8) is 0 Å². The van der Waals surface area contributed by atoms with E-state index in [0.29, 0.717) is 16.9 Å². The van der Waals surface area contributed by atoms with Gasteiger partial charge in [0.15, 0.2) is 11.5 Å². The van der Waals surface area contributed by atoms with E-state index < -0.39 is 0 Å². The van der Waals surface area contributed by atoms with E-state index in [1.165, 1.54) is 15.7 Å². The molecule has 0 aliphatic heterocycles. The van der Waals surface area contributed by atoms with E-state index in [1.54, 1.807) is 17.9 Å². The zero-order valence-corrected chi connectivity index (χ0v) is 11.4. The van der Waals surface area contributed by atoms with Gasteiger partial charge in [0, 0.05) is 6.04 Å². The van der Waals surface area contributed by atoms with E-state index in [9.17, 15) is 4.79 Å². The third-order valence-corrected chi connectivity index (χ3v) is 2.93. The molecule has 0 aliphatic rings. The molecule has 0 saturated carbocycles. The van der Waals surface area contributed by atoms with Gasteiger partial charge in [-0.15, -0.1) is 10.2 Å². The van der Waals surface area contributed by atoms with Crippen molar-refractivity contribution in [1.82, 2.24) is 39.5 Å². The second-order valence-corrected chi connectivity index (χ2v) is 4.79. The molecule has 0 N–H and O–H groups in total. The van der Waals surface area contributed by atoms with Crippen molar-refractivity contribution in [3.8, 4) is 0 Å². The van der Waals surface area contributed by atoms with E-state index in [1.807, 2.05) is 13.8 Å². The van der Waals surface area contributed by atoms with Crippen LogP contribution in [0.25, 0.3) is 11.0 Å². The van der Waals surface area contributed by atoms with Crippen LogP contribution in [0.2, 0.25) is 0 Å². The Balaban J connectivity index is 2.06. The summed E-state index contributed by atoms with van der Waals surface area (Å²) < 4.78 is 3.17. The van der Waals surface area contributed by atoms with Crippen LogP contribution in [0.5, 0.6) is 0 Å². The first-order chi connectivity index (χ1) is 9.56. The summed E-state index contributed by atoms with van der Waals surface area (Å²) in [6.07, 6.45) is 3.03. The lowest BCUT2D eigenvalue weighted by atomic mass is 10.4. The number of aromatic nitrogens is 8. The molecule has 0 saturated heterocycles. The summed E-state index contributed by atoms with van der Waals surface area (Å²) in [4.78, 5) is 18.0. The third-order valence-electron chi connectivity index (χ3n) is 2.93. The number of aryl methyl sites for hydroxylation is 1. The fourth-order valence-corrected chi connectivity index (χ4v) is 2.00. The van der Waals surface area contributed by atoms with E-state index in [4.69, 9.17) is 0 Å². The summed E-state index contributed by atoms with van der Waals surface area (Å²) in [5, 5.41) is 16.3. The standard InChI is InChI=1S/C11H14N8O/c1-7(2)19-10-8(4-13-19)11(20)18(6-12-10)5-9-14-16-17(3)15-9/h4,6-7H,5H2,1-3H3. The van der Waals surface area contributed by atoms with Gasteiger partial charge in [-0.3, -0.25) is 9.36 Å². The topological polar surface area (TPSA) is 96.3 Å². The molecule has 9 heteroatoms. The lowest BCUT2D eigenvalue weighted by Crippen LogP contribution is -2.22. The van der Waals surface area contributed by atoms with Gasteiger partial charge in [0.1, 0.15) is 11.7 Å². The van der Waals surface area contributed by atoms with Crippen LogP contribution in [0.15, 0.2) is 17.3 Å². The highest BCUT2D eigenvalue weighted by atomic mass is 16.1. The van der Waals surface area contributed by atoms with Crippen LogP contribution in [0.1, 0.15) is 25.7 Å². The molecule has 3 aromatic rings. The van der Waals surface area contributed by atoms with Crippen molar-refractivity contribution in [3.05, 3.63) is 28.7 Å². The lowest BCUT2D eigenvalue weighted by molar-refractivity contribution is 0.545. The first kappa shape index (κ1) is 12.5. The average molecular weight is 274 g/mol. The molecule has 20 heavy (non-hydrogen) atoms. The van der Waals surface area contributed by atoms with Crippen LogP contribution in [0, 0.1) is 0 Å². The minimum absolute atomic E-state index is 0.150. The molecule has 0 unspecified atom stereocenters. The zero-order valence-electron chi connectivity index (χ0n) is 11.4. The van der Waals surface area contributed by atoms with Gasteiger partial charge >= 0.3 is 0 Å². The molecule has 0 amide bonds. The summed E-state index contributed by atoms with van der Waals surface area (Å²) in [5.41, 5.74) is 0.433. The highest BCUT2D eigenvalue weighted by Gasteiger charge is 2.13. The van der Waals surface area contributed by atoms with Gasteiger partial charge in [-0.1, -0.05) is 0 Å². The van der Waals surface area contributed by atoms with E-state index >= 15 is 0 Å². The number of fused-ring (bicyclic) bond motifs is 1. The number of nitrogens with zero attached hydrogens (tertiary/aromatic N) is 8. The Labute approximate surface area is 113 Å². The summed E-state index contributed by atoms with van der Waals surface area (Å²) in [5.74, 6) is 0.465.